The summed E-state index contributed by atoms with van der Waals surface area (Å²) in [4.78, 5) is 8.11. The predicted octanol–water partition coefficient (Wildman–Crippen LogP) is 5.63. The Balaban J connectivity index is 2.40. The number of aromatic nitrogens is 2. The number of nitrogens with zero attached hydrogens (tertiary/aromatic N) is 2. The van der Waals surface area contributed by atoms with Gasteiger partial charge in [0.1, 0.15) is 16.7 Å². The molecule has 6 heteroatoms. The Kier molecular flexibility index (Phi) is 4.83. The van der Waals surface area contributed by atoms with Crippen molar-refractivity contribution in [3.8, 4) is 17.0 Å². The Morgan fingerprint density at radius 1 is 1.13 bits per heavy atom. The molecule has 0 aliphatic heterocycles. The lowest BCUT2D eigenvalue weighted by Crippen LogP contribution is -2.43. The van der Waals surface area contributed by atoms with E-state index in [0.29, 0.717) is 17.0 Å². The van der Waals surface area contributed by atoms with Crippen LogP contribution in [0.4, 0.5) is 4.39 Å². The number of benzene rings is 1. The standard InChI is InChI=1S/C17H22ClFN2OSi/c1-11-7-12(22-23(5,6)17(2,3)4)8-13(19)16(11)14-9-21-15(18)10-20-14/h7-10H,1-6H3. The van der Waals surface area contributed by atoms with Gasteiger partial charge in [0.05, 0.1) is 18.1 Å². The van der Waals surface area contributed by atoms with Crippen LogP contribution < -0.4 is 4.43 Å². The maximum Gasteiger partial charge on any atom is 0.250 e. The molecule has 3 nitrogen and oxygen atoms in total. The fourth-order valence-corrected chi connectivity index (χ4v) is 3.10. The first-order chi connectivity index (χ1) is 10.5. The van der Waals surface area contributed by atoms with Crippen LogP contribution in [0.15, 0.2) is 24.5 Å². The van der Waals surface area contributed by atoms with Crippen LogP contribution in [-0.2, 0) is 0 Å². The van der Waals surface area contributed by atoms with Gasteiger partial charge in [-0.3, -0.25) is 4.98 Å². The summed E-state index contributed by atoms with van der Waals surface area (Å²) in [5, 5.41) is 0.335. The van der Waals surface area contributed by atoms with Crippen molar-refractivity contribution < 1.29 is 8.82 Å². The number of aryl methyl sites for hydroxylation is 1. The third-order valence-electron chi connectivity index (χ3n) is 4.32. The van der Waals surface area contributed by atoms with Gasteiger partial charge in [-0.25, -0.2) is 9.37 Å². The van der Waals surface area contributed by atoms with Crippen molar-refractivity contribution >= 4 is 19.9 Å². The Hall–Kier alpha value is -1.46. The highest BCUT2D eigenvalue weighted by molar-refractivity contribution is 6.74. The Labute approximate surface area is 143 Å². The minimum Gasteiger partial charge on any atom is -0.543 e. The Bertz CT molecular complexity index is 689. The van der Waals surface area contributed by atoms with E-state index < -0.39 is 8.32 Å². The van der Waals surface area contributed by atoms with Crippen LogP contribution in [0.5, 0.6) is 5.75 Å². The van der Waals surface area contributed by atoms with Crippen LogP contribution in [0.2, 0.25) is 23.3 Å². The van der Waals surface area contributed by atoms with E-state index in [9.17, 15) is 4.39 Å². The maximum atomic E-state index is 14.6. The average Bonchev–Trinajstić information content (AvgIpc) is 2.38. The molecule has 0 bridgehead atoms. The van der Waals surface area contributed by atoms with E-state index in [1.165, 1.54) is 18.5 Å². The molecule has 2 rings (SSSR count). The summed E-state index contributed by atoms with van der Waals surface area (Å²) in [6.45, 7) is 12.6. The highest BCUT2D eigenvalue weighted by atomic mass is 35.5. The molecule has 0 saturated carbocycles. The number of rotatable bonds is 3. The zero-order valence-corrected chi connectivity index (χ0v) is 16.1. The first-order valence-corrected chi connectivity index (χ1v) is 10.8. The number of hydrogen-bond donors (Lipinski definition) is 0. The largest absolute Gasteiger partial charge is 0.543 e. The highest BCUT2D eigenvalue weighted by Crippen LogP contribution is 2.38. The topological polar surface area (TPSA) is 35.0 Å². The van der Waals surface area contributed by atoms with Crippen LogP contribution in [0, 0.1) is 12.7 Å². The molecule has 0 N–H and O–H groups in total. The summed E-state index contributed by atoms with van der Waals surface area (Å²) < 4.78 is 20.8. The fourth-order valence-electron chi connectivity index (χ4n) is 1.99. The molecule has 124 valence electrons. The van der Waals surface area contributed by atoms with Gasteiger partial charge in [0.25, 0.3) is 0 Å². The van der Waals surface area contributed by atoms with Gasteiger partial charge in [0.2, 0.25) is 8.32 Å². The summed E-state index contributed by atoms with van der Waals surface area (Å²) in [5.41, 5.74) is 1.65. The molecule has 0 aliphatic carbocycles. The van der Waals surface area contributed by atoms with Crippen molar-refractivity contribution in [3.05, 3.63) is 41.1 Å². The lowest BCUT2D eigenvalue weighted by atomic mass is 10.1. The van der Waals surface area contributed by atoms with E-state index >= 15 is 0 Å². The maximum absolute atomic E-state index is 14.6. The highest BCUT2D eigenvalue weighted by Gasteiger charge is 2.39. The zero-order chi connectivity index (χ0) is 17.4. The summed E-state index contributed by atoms with van der Waals surface area (Å²) in [6.07, 6.45) is 2.89. The van der Waals surface area contributed by atoms with Crippen LogP contribution >= 0.6 is 11.6 Å². The quantitative estimate of drug-likeness (QED) is 0.671. The molecular formula is C17H22ClFN2OSi. The van der Waals surface area contributed by atoms with E-state index in [2.05, 4.69) is 43.8 Å². The fraction of sp³-hybridized carbons (Fsp3) is 0.412. The van der Waals surface area contributed by atoms with Gasteiger partial charge >= 0.3 is 0 Å². The summed E-state index contributed by atoms with van der Waals surface area (Å²) in [6, 6.07) is 3.29. The van der Waals surface area contributed by atoms with Gasteiger partial charge in [-0.05, 0) is 36.7 Å². The second kappa shape index (κ2) is 6.21. The molecule has 0 fully saturated rings. The van der Waals surface area contributed by atoms with E-state index in [1.807, 2.05) is 13.0 Å². The molecule has 0 aliphatic rings. The van der Waals surface area contributed by atoms with Crippen LogP contribution in [0.3, 0.4) is 0 Å². The minimum atomic E-state index is -2.01. The molecule has 23 heavy (non-hydrogen) atoms. The molecule has 1 aromatic heterocycles. The Morgan fingerprint density at radius 2 is 1.78 bits per heavy atom. The van der Waals surface area contributed by atoms with Crippen molar-refractivity contribution in [1.29, 1.82) is 0 Å². The first kappa shape index (κ1) is 17.9. The van der Waals surface area contributed by atoms with E-state index in [4.69, 9.17) is 16.0 Å². The van der Waals surface area contributed by atoms with E-state index in [0.717, 1.165) is 5.56 Å². The zero-order valence-electron chi connectivity index (χ0n) is 14.4. The van der Waals surface area contributed by atoms with Crippen LogP contribution in [0.1, 0.15) is 26.3 Å². The average molecular weight is 353 g/mol. The van der Waals surface area contributed by atoms with Crippen molar-refractivity contribution in [1.82, 2.24) is 9.97 Å². The third kappa shape index (κ3) is 3.90. The molecular weight excluding hydrogens is 331 g/mol. The van der Waals surface area contributed by atoms with Crippen molar-refractivity contribution in [2.45, 2.75) is 45.8 Å². The normalized spacial score (nSPS) is 12.3. The van der Waals surface area contributed by atoms with Gasteiger partial charge < -0.3 is 4.43 Å². The van der Waals surface area contributed by atoms with Crippen molar-refractivity contribution in [3.63, 3.8) is 0 Å². The van der Waals surface area contributed by atoms with Gasteiger partial charge in [-0.1, -0.05) is 32.4 Å². The SMILES string of the molecule is Cc1cc(O[Si](C)(C)C(C)(C)C)cc(F)c1-c1cnc(Cl)cn1. The van der Waals surface area contributed by atoms with Crippen molar-refractivity contribution in [2.75, 3.05) is 0 Å². The van der Waals surface area contributed by atoms with Crippen LogP contribution in [0.25, 0.3) is 11.3 Å². The van der Waals surface area contributed by atoms with Gasteiger partial charge in [-0.2, -0.15) is 0 Å². The minimum absolute atomic E-state index is 0.0533. The van der Waals surface area contributed by atoms with E-state index in [1.54, 1.807) is 0 Å². The monoisotopic (exact) mass is 352 g/mol. The lowest BCUT2D eigenvalue weighted by Gasteiger charge is -2.36. The first-order valence-electron chi connectivity index (χ1n) is 7.48. The molecule has 0 amide bonds. The summed E-state index contributed by atoms with van der Waals surface area (Å²) >= 11 is 5.74. The predicted molar refractivity (Wildman–Crippen MR) is 95.0 cm³/mol. The van der Waals surface area contributed by atoms with E-state index in [-0.39, 0.29) is 16.0 Å². The lowest BCUT2D eigenvalue weighted by molar-refractivity contribution is 0.487. The molecule has 0 unspecified atom stereocenters. The van der Waals surface area contributed by atoms with Gasteiger partial charge in [0.15, 0.2) is 0 Å². The summed E-state index contributed by atoms with van der Waals surface area (Å²) in [5.74, 6) is 0.201. The van der Waals surface area contributed by atoms with Gasteiger partial charge in [-0.15, -0.1) is 0 Å². The van der Waals surface area contributed by atoms with Crippen molar-refractivity contribution in [2.24, 2.45) is 0 Å². The second-order valence-corrected chi connectivity index (χ2v) is 12.3. The molecule has 0 radical (unpaired) electrons. The third-order valence-corrected chi connectivity index (χ3v) is 8.87. The Morgan fingerprint density at radius 3 is 2.26 bits per heavy atom. The molecule has 1 aromatic carbocycles. The smallest absolute Gasteiger partial charge is 0.250 e. The second-order valence-electron chi connectivity index (χ2n) is 7.18. The van der Waals surface area contributed by atoms with Crippen LogP contribution in [-0.4, -0.2) is 18.3 Å². The van der Waals surface area contributed by atoms with Gasteiger partial charge in [0, 0.05) is 11.6 Å². The molecule has 0 saturated heterocycles. The molecule has 2 aromatic rings. The molecule has 0 spiro atoms. The molecule has 1 heterocycles. The number of hydrogen-bond acceptors (Lipinski definition) is 3. The number of halogens is 2. The summed E-state index contributed by atoms with van der Waals surface area (Å²) in [7, 11) is -2.01. The molecule has 0 atom stereocenters.